The molecule has 1 aromatic rings. The van der Waals surface area contributed by atoms with E-state index in [9.17, 15) is 0 Å². The minimum absolute atomic E-state index is 0.615. The third kappa shape index (κ3) is 4.15. The van der Waals surface area contributed by atoms with Gasteiger partial charge in [-0.2, -0.15) is 0 Å². The molecule has 17 heavy (non-hydrogen) atoms. The molecule has 0 saturated carbocycles. The van der Waals surface area contributed by atoms with Crippen LogP contribution in [0.4, 0.5) is 5.69 Å². The molecule has 0 fully saturated rings. The minimum atomic E-state index is 0.615. The van der Waals surface area contributed by atoms with Gasteiger partial charge >= 0.3 is 0 Å². The lowest BCUT2D eigenvalue weighted by molar-refractivity contribution is 0.223. The SMILES string of the molecule is CCN(CC)CCOc1ccc(OC)cc1N. The summed E-state index contributed by atoms with van der Waals surface area (Å²) in [5, 5.41) is 0. The van der Waals surface area contributed by atoms with Crippen molar-refractivity contribution in [3.63, 3.8) is 0 Å². The van der Waals surface area contributed by atoms with Gasteiger partial charge in [-0.1, -0.05) is 13.8 Å². The van der Waals surface area contributed by atoms with Crippen LogP contribution in [0.2, 0.25) is 0 Å². The van der Waals surface area contributed by atoms with Gasteiger partial charge in [0.15, 0.2) is 0 Å². The number of benzene rings is 1. The van der Waals surface area contributed by atoms with Crippen molar-refractivity contribution in [1.29, 1.82) is 0 Å². The van der Waals surface area contributed by atoms with Gasteiger partial charge in [0.2, 0.25) is 0 Å². The number of ether oxygens (including phenoxy) is 2. The van der Waals surface area contributed by atoms with Gasteiger partial charge in [-0.25, -0.2) is 0 Å². The molecule has 96 valence electrons. The first-order chi connectivity index (χ1) is 8.21. The van der Waals surface area contributed by atoms with E-state index in [0.29, 0.717) is 12.3 Å². The van der Waals surface area contributed by atoms with E-state index >= 15 is 0 Å². The first kappa shape index (κ1) is 13.6. The summed E-state index contributed by atoms with van der Waals surface area (Å²) in [4.78, 5) is 2.31. The van der Waals surface area contributed by atoms with Gasteiger partial charge in [0, 0.05) is 12.6 Å². The van der Waals surface area contributed by atoms with Crippen LogP contribution in [0.5, 0.6) is 11.5 Å². The normalized spacial score (nSPS) is 10.6. The zero-order valence-electron chi connectivity index (χ0n) is 10.9. The maximum Gasteiger partial charge on any atom is 0.142 e. The topological polar surface area (TPSA) is 47.7 Å². The molecule has 0 aliphatic carbocycles. The summed E-state index contributed by atoms with van der Waals surface area (Å²) in [6.07, 6.45) is 0. The molecule has 2 N–H and O–H groups in total. The Hall–Kier alpha value is -1.42. The second-order valence-corrected chi connectivity index (χ2v) is 3.78. The molecule has 0 radical (unpaired) electrons. The highest BCUT2D eigenvalue weighted by molar-refractivity contribution is 5.56. The van der Waals surface area contributed by atoms with Crippen LogP contribution in [0.3, 0.4) is 0 Å². The van der Waals surface area contributed by atoms with Crippen molar-refractivity contribution in [1.82, 2.24) is 4.90 Å². The zero-order valence-corrected chi connectivity index (χ0v) is 10.9. The molecule has 0 aromatic heterocycles. The Morgan fingerprint density at radius 1 is 1.24 bits per heavy atom. The molecule has 0 unspecified atom stereocenters. The van der Waals surface area contributed by atoms with Gasteiger partial charge in [-0.15, -0.1) is 0 Å². The molecule has 0 atom stereocenters. The summed E-state index contributed by atoms with van der Waals surface area (Å²) in [6.45, 7) is 7.93. The number of rotatable bonds is 7. The smallest absolute Gasteiger partial charge is 0.142 e. The Morgan fingerprint density at radius 2 is 1.94 bits per heavy atom. The number of anilines is 1. The second kappa shape index (κ2) is 7.01. The highest BCUT2D eigenvalue weighted by Crippen LogP contribution is 2.25. The fraction of sp³-hybridized carbons (Fsp3) is 0.538. The van der Waals surface area contributed by atoms with Crippen molar-refractivity contribution in [2.24, 2.45) is 0 Å². The van der Waals surface area contributed by atoms with Crippen molar-refractivity contribution in [3.05, 3.63) is 18.2 Å². The van der Waals surface area contributed by atoms with Crippen LogP contribution in [0.15, 0.2) is 18.2 Å². The summed E-state index contributed by atoms with van der Waals surface area (Å²) in [7, 11) is 1.62. The predicted octanol–water partition coefficient (Wildman–Crippen LogP) is 2.00. The maximum absolute atomic E-state index is 5.86. The third-order valence-corrected chi connectivity index (χ3v) is 2.78. The number of hydrogen-bond donors (Lipinski definition) is 1. The van der Waals surface area contributed by atoms with E-state index in [1.807, 2.05) is 12.1 Å². The van der Waals surface area contributed by atoms with E-state index in [2.05, 4.69) is 18.7 Å². The minimum Gasteiger partial charge on any atom is -0.497 e. The average molecular weight is 238 g/mol. The molecule has 0 aliphatic heterocycles. The number of methoxy groups -OCH3 is 1. The Balaban J connectivity index is 2.46. The number of nitrogen functional groups attached to an aromatic ring is 1. The van der Waals surface area contributed by atoms with Crippen LogP contribution >= 0.6 is 0 Å². The van der Waals surface area contributed by atoms with Crippen molar-refractivity contribution in [2.45, 2.75) is 13.8 Å². The lowest BCUT2D eigenvalue weighted by Crippen LogP contribution is -2.28. The molecule has 0 bridgehead atoms. The van der Waals surface area contributed by atoms with E-state index in [0.717, 1.165) is 31.1 Å². The Morgan fingerprint density at radius 3 is 2.47 bits per heavy atom. The van der Waals surface area contributed by atoms with E-state index in [4.69, 9.17) is 15.2 Å². The predicted molar refractivity (Wildman–Crippen MR) is 70.7 cm³/mol. The number of nitrogens with two attached hydrogens (primary N) is 1. The summed E-state index contributed by atoms with van der Waals surface area (Å²) < 4.78 is 10.7. The largest absolute Gasteiger partial charge is 0.497 e. The summed E-state index contributed by atoms with van der Waals surface area (Å²) in [5.41, 5.74) is 6.47. The van der Waals surface area contributed by atoms with Gasteiger partial charge in [0.25, 0.3) is 0 Å². The van der Waals surface area contributed by atoms with Crippen LogP contribution in [0, 0.1) is 0 Å². The number of hydrogen-bond acceptors (Lipinski definition) is 4. The van der Waals surface area contributed by atoms with Crippen LogP contribution < -0.4 is 15.2 Å². The lowest BCUT2D eigenvalue weighted by Gasteiger charge is -2.18. The van der Waals surface area contributed by atoms with Gasteiger partial charge in [0.05, 0.1) is 12.8 Å². The van der Waals surface area contributed by atoms with Crippen molar-refractivity contribution >= 4 is 5.69 Å². The molecule has 1 rings (SSSR count). The van der Waals surface area contributed by atoms with Gasteiger partial charge in [0.1, 0.15) is 18.1 Å². The first-order valence-electron chi connectivity index (χ1n) is 5.99. The molecule has 1 aromatic carbocycles. The lowest BCUT2D eigenvalue weighted by atomic mass is 10.3. The van der Waals surface area contributed by atoms with E-state index in [1.54, 1.807) is 13.2 Å². The van der Waals surface area contributed by atoms with Crippen molar-refractivity contribution < 1.29 is 9.47 Å². The number of likely N-dealkylation sites (N-methyl/N-ethyl adjacent to an activating group) is 1. The zero-order chi connectivity index (χ0) is 12.7. The van der Waals surface area contributed by atoms with E-state index in [-0.39, 0.29) is 0 Å². The van der Waals surface area contributed by atoms with Crippen LogP contribution in [0.25, 0.3) is 0 Å². The molecule has 0 aliphatic rings. The molecule has 4 nitrogen and oxygen atoms in total. The molecule has 0 heterocycles. The molecule has 4 heteroatoms. The highest BCUT2D eigenvalue weighted by Gasteiger charge is 2.03. The Kier molecular flexibility index (Phi) is 5.63. The monoisotopic (exact) mass is 238 g/mol. The van der Waals surface area contributed by atoms with Crippen LogP contribution in [-0.4, -0.2) is 38.3 Å². The molecule has 0 spiro atoms. The van der Waals surface area contributed by atoms with Crippen molar-refractivity contribution in [3.8, 4) is 11.5 Å². The maximum atomic E-state index is 5.86. The second-order valence-electron chi connectivity index (χ2n) is 3.78. The standard InChI is InChI=1S/C13H22N2O2/c1-4-15(5-2)8-9-17-13-7-6-11(16-3)10-12(13)14/h6-7,10H,4-5,8-9,14H2,1-3H3. The fourth-order valence-corrected chi connectivity index (χ4v) is 1.61. The van der Waals surface area contributed by atoms with Gasteiger partial charge in [-0.3, -0.25) is 0 Å². The fourth-order valence-electron chi connectivity index (χ4n) is 1.61. The molecular weight excluding hydrogens is 216 g/mol. The summed E-state index contributed by atoms with van der Waals surface area (Å²) in [6, 6.07) is 5.46. The molecule has 0 amide bonds. The average Bonchev–Trinajstić information content (AvgIpc) is 2.36. The van der Waals surface area contributed by atoms with E-state index < -0.39 is 0 Å². The highest BCUT2D eigenvalue weighted by atomic mass is 16.5. The molecule has 0 saturated heterocycles. The molecular formula is C13H22N2O2. The quantitative estimate of drug-likeness (QED) is 0.738. The first-order valence-corrected chi connectivity index (χ1v) is 5.99. The summed E-state index contributed by atoms with van der Waals surface area (Å²) in [5.74, 6) is 1.47. The Labute approximate surface area is 103 Å². The third-order valence-electron chi connectivity index (χ3n) is 2.78. The van der Waals surface area contributed by atoms with Gasteiger partial charge < -0.3 is 20.1 Å². The van der Waals surface area contributed by atoms with E-state index in [1.165, 1.54) is 0 Å². The number of nitrogens with zero attached hydrogens (tertiary/aromatic N) is 1. The Bertz CT molecular complexity index is 338. The van der Waals surface area contributed by atoms with Crippen molar-refractivity contribution in [2.75, 3.05) is 39.1 Å². The van der Waals surface area contributed by atoms with Crippen LogP contribution in [-0.2, 0) is 0 Å². The van der Waals surface area contributed by atoms with Gasteiger partial charge in [-0.05, 0) is 25.2 Å². The van der Waals surface area contributed by atoms with Crippen LogP contribution in [0.1, 0.15) is 13.8 Å². The summed E-state index contributed by atoms with van der Waals surface area (Å²) >= 11 is 0.